The number of aliphatic hydroxyl groups is 1. The van der Waals surface area contributed by atoms with Gasteiger partial charge in [-0.25, -0.2) is 0 Å². The third-order valence-corrected chi connectivity index (χ3v) is 3.19. The van der Waals surface area contributed by atoms with Gasteiger partial charge in [0.25, 0.3) is 0 Å². The summed E-state index contributed by atoms with van der Waals surface area (Å²) in [5, 5.41) is 16.8. The molecule has 2 atom stereocenters. The molecule has 2 heterocycles. The predicted molar refractivity (Wildman–Crippen MR) is 56.6 cm³/mol. The first-order valence-electron chi connectivity index (χ1n) is 5.72. The standard InChI is InChI=1S/C10H15F3N4O/c1-16-6-14-15-9(16)7-3-2-4-17(7)5-8(18)10(11,12)13/h6-8,18H,2-5H2,1H3. The molecule has 0 spiro atoms. The summed E-state index contributed by atoms with van der Waals surface area (Å²) >= 11 is 0. The highest BCUT2D eigenvalue weighted by molar-refractivity contribution is 4.99. The number of halogens is 3. The molecule has 0 saturated carbocycles. The van der Waals surface area contributed by atoms with Crippen LogP contribution < -0.4 is 0 Å². The molecular weight excluding hydrogens is 249 g/mol. The third-order valence-electron chi connectivity index (χ3n) is 3.19. The zero-order valence-electron chi connectivity index (χ0n) is 9.93. The number of hydrogen-bond donors (Lipinski definition) is 1. The molecule has 0 aromatic carbocycles. The highest BCUT2D eigenvalue weighted by Gasteiger charge is 2.41. The van der Waals surface area contributed by atoms with E-state index in [2.05, 4.69) is 10.2 Å². The molecule has 18 heavy (non-hydrogen) atoms. The molecule has 1 aliphatic rings. The molecular formula is C10H15F3N4O. The molecule has 8 heteroatoms. The molecule has 5 nitrogen and oxygen atoms in total. The van der Waals surface area contributed by atoms with Crippen LogP contribution >= 0.6 is 0 Å². The number of likely N-dealkylation sites (tertiary alicyclic amines) is 1. The molecule has 1 aromatic rings. The smallest absolute Gasteiger partial charge is 0.382 e. The number of β-amino-alcohol motifs (C(OH)–C–C–N with tert-alkyl or cyclic N) is 1. The van der Waals surface area contributed by atoms with Gasteiger partial charge in [-0.15, -0.1) is 10.2 Å². The molecule has 102 valence electrons. The van der Waals surface area contributed by atoms with Crippen molar-refractivity contribution in [1.82, 2.24) is 19.7 Å². The monoisotopic (exact) mass is 264 g/mol. The van der Waals surface area contributed by atoms with Gasteiger partial charge in [0.1, 0.15) is 12.2 Å². The van der Waals surface area contributed by atoms with E-state index in [4.69, 9.17) is 5.11 Å². The Labute approximate surface area is 102 Å². The molecule has 1 saturated heterocycles. The SMILES string of the molecule is Cn1cnnc1C1CCCN1CC(O)C(F)(F)F. The number of aromatic nitrogens is 3. The van der Waals surface area contributed by atoms with Gasteiger partial charge in [-0.05, 0) is 19.4 Å². The summed E-state index contributed by atoms with van der Waals surface area (Å²) in [6.45, 7) is 0.117. The Kier molecular flexibility index (Phi) is 3.58. The first-order chi connectivity index (χ1) is 8.39. The van der Waals surface area contributed by atoms with Gasteiger partial charge >= 0.3 is 6.18 Å². The molecule has 0 aliphatic carbocycles. The number of rotatable bonds is 3. The Hall–Kier alpha value is -1.15. The fraction of sp³-hybridized carbons (Fsp3) is 0.800. The average Bonchev–Trinajstić information content (AvgIpc) is 2.85. The number of nitrogens with zero attached hydrogens (tertiary/aromatic N) is 4. The Morgan fingerprint density at radius 2 is 2.28 bits per heavy atom. The normalized spacial score (nSPS) is 23.5. The van der Waals surface area contributed by atoms with Crippen LogP contribution in [0.3, 0.4) is 0 Å². The lowest BCUT2D eigenvalue weighted by Gasteiger charge is -2.26. The minimum atomic E-state index is -4.58. The second-order valence-corrected chi connectivity index (χ2v) is 4.51. The van der Waals surface area contributed by atoms with Crippen LogP contribution in [0.4, 0.5) is 13.2 Å². The highest BCUT2D eigenvalue weighted by Crippen LogP contribution is 2.32. The lowest BCUT2D eigenvalue weighted by Crippen LogP contribution is -2.41. The molecule has 1 N–H and O–H groups in total. The average molecular weight is 264 g/mol. The fourth-order valence-electron chi connectivity index (χ4n) is 2.26. The van der Waals surface area contributed by atoms with Crippen LogP contribution in [0.15, 0.2) is 6.33 Å². The Balaban J connectivity index is 2.07. The number of alkyl halides is 3. The van der Waals surface area contributed by atoms with E-state index in [1.165, 1.54) is 6.33 Å². The van der Waals surface area contributed by atoms with Crippen molar-refractivity contribution in [3.8, 4) is 0 Å². The minimum absolute atomic E-state index is 0.200. The van der Waals surface area contributed by atoms with Crippen molar-refractivity contribution < 1.29 is 18.3 Å². The van der Waals surface area contributed by atoms with Crippen molar-refractivity contribution in [1.29, 1.82) is 0 Å². The summed E-state index contributed by atoms with van der Waals surface area (Å²) < 4.78 is 38.7. The van der Waals surface area contributed by atoms with Gasteiger partial charge in [-0.3, -0.25) is 4.90 Å². The van der Waals surface area contributed by atoms with Crippen molar-refractivity contribution in [3.63, 3.8) is 0 Å². The predicted octanol–water partition coefficient (Wildman–Crippen LogP) is 0.875. The van der Waals surface area contributed by atoms with Gasteiger partial charge in [0.05, 0.1) is 6.04 Å². The maximum Gasteiger partial charge on any atom is 0.415 e. The van der Waals surface area contributed by atoms with Crippen LogP contribution in [0.5, 0.6) is 0 Å². The van der Waals surface area contributed by atoms with Crippen molar-refractivity contribution in [2.75, 3.05) is 13.1 Å². The van der Waals surface area contributed by atoms with Crippen molar-refractivity contribution in [2.45, 2.75) is 31.2 Å². The number of hydrogen-bond acceptors (Lipinski definition) is 4. The Morgan fingerprint density at radius 1 is 1.56 bits per heavy atom. The van der Waals surface area contributed by atoms with Crippen LogP contribution in [-0.2, 0) is 7.05 Å². The van der Waals surface area contributed by atoms with Crippen molar-refractivity contribution in [3.05, 3.63) is 12.2 Å². The molecule has 0 amide bonds. The van der Waals surface area contributed by atoms with Crippen LogP contribution in [-0.4, -0.2) is 50.1 Å². The number of aliphatic hydroxyl groups excluding tert-OH is 1. The minimum Gasteiger partial charge on any atom is -0.382 e. The van der Waals surface area contributed by atoms with E-state index in [-0.39, 0.29) is 6.04 Å². The van der Waals surface area contributed by atoms with E-state index in [0.29, 0.717) is 12.4 Å². The first kappa shape index (κ1) is 13.3. The van der Waals surface area contributed by atoms with Gasteiger partial charge in [0, 0.05) is 13.6 Å². The Bertz CT molecular complexity index is 406. The summed E-state index contributed by atoms with van der Waals surface area (Å²) in [7, 11) is 1.76. The van der Waals surface area contributed by atoms with Crippen LogP contribution in [0.1, 0.15) is 24.7 Å². The molecule has 1 aromatic heterocycles. The van der Waals surface area contributed by atoms with E-state index in [0.717, 1.165) is 12.8 Å². The molecule has 1 aliphatic heterocycles. The number of aryl methyl sites for hydroxylation is 1. The largest absolute Gasteiger partial charge is 0.415 e. The van der Waals surface area contributed by atoms with Crippen molar-refractivity contribution >= 4 is 0 Å². The van der Waals surface area contributed by atoms with Crippen LogP contribution in [0, 0.1) is 0 Å². The Morgan fingerprint density at radius 3 is 2.83 bits per heavy atom. The quantitative estimate of drug-likeness (QED) is 0.880. The van der Waals surface area contributed by atoms with Crippen LogP contribution in [0.2, 0.25) is 0 Å². The lowest BCUT2D eigenvalue weighted by atomic mass is 10.2. The highest BCUT2D eigenvalue weighted by atomic mass is 19.4. The van der Waals surface area contributed by atoms with Gasteiger partial charge < -0.3 is 9.67 Å². The van der Waals surface area contributed by atoms with Crippen molar-refractivity contribution in [2.24, 2.45) is 7.05 Å². The zero-order valence-corrected chi connectivity index (χ0v) is 9.93. The maximum atomic E-state index is 12.3. The molecule has 1 fully saturated rings. The molecule has 0 bridgehead atoms. The van der Waals surface area contributed by atoms with Crippen LogP contribution in [0.25, 0.3) is 0 Å². The summed E-state index contributed by atoms with van der Waals surface area (Å²) in [6.07, 6.45) is -3.84. The van der Waals surface area contributed by atoms with Gasteiger partial charge in [0.15, 0.2) is 6.10 Å². The molecule has 2 rings (SSSR count). The second kappa shape index (κ2) is 4.85. The van der Waals surface area contributed by atoms with E-state index in [1.807, 2.05) is 0 Å². The fourth-order valence-corrected chi connectivity index (χ4v) is 2.26. The summed E-state index contributed by atoms with van der Waals surface area (Å²) in [4.78, 5) is 1.61. The second-order valence-electron chi connectivity index (χ2n) is 4.51. The first-order valence-corrected chi connectivity index (χ1v) is 5.72. The van der Waals surface area contributed by atoms with Gasteiger partial charge in [-0.2, -0.15) is 13.2 Å². The maximum absolute atomic E-state index is 12.3. The summed E-state index contributed by atoms with van der Waals surface area (Å²) in [5.74, 6) is 0.641. The molecule has 2 unspecified atom stereocenters. The summed E-state index contributed by atoms with van der Waals surface area (Å²) in [6, 6.07) is -0.200. The topological polar surface area (TPSA) is 54.2 Å². The third kappa shape index (κ3) is 2.64. The van der Waals surface area contributed by atoms with E-state index in [9.17, 15) is 13.2 Å². The van der Waals surface area contributed by atoms with Gasteiger partial charge in [0.2, 0.25) is 0 Å². The van der Waals surface area contributed by atoms with E-state index in [1.54, 1.807) is 16.5 Å². The lowest BCUT2D eigenvalue weighted by molar-refractivity contribution is -0.208. The van der Waals surface area contributed by atoms with E-state index < -0.39 is 18.8 Å². The van der Waals surface area contributed by atoms with E-state index >= 15 is 0 Å². The summed E-state index contributed by atoms with van der Waals surface area (Å²) in [5.41, 5.74) is 0. The van der Waals surface area contributed by atoms with Gasteiger partial charge in [-0.1, -0.05) is 0 Å². The molecule has 0 radical (unpaired) electrons. The zero-order chi connectivity index (χ0) is 13.3.